The number of hydrogen-bond donors (Lipinski definition) is 1. The number of amides is 1. The van der Waals surface area contributed by atoms with Crippen molar-refractivity contribution in [3.63, 3.8) is 0 Å². The lowest BCUT2D eigenvalue weighted by Gasteiger charge is -2.17. The smallest absolute Gasteiger partial charge is 0.242 e. The number of nitrogens with one attached hydrogen (secondary N) is 1. The lowest BCUT2D eigenvalue weighted by atomic mass is 10.1. The zero-order valence-electron chi connectivity index (χ0n) is 16.3. The van der Waals surface area contributed by atoms with Gasteiger partial charge >= 0.3 is 0 Å². The average Bonchev–Trinajstić information content (AvgIpc) is 2.95. The van der Waals surface area contributed by atoms with Crippen LogP contribution in [0.15, 0.2) is 53.7 Å². The van der Waals surface area contributed by atoms with Crippen LogP contribution in [0.2, 0.25) is 5.02 Å². The molecule has 0 fully saturated rings. The molecular formula is C22H23ClN4OS. The fourth-order valence-electron chi connectivity index (χ4n) is 3.43. The van der Waals surface area contributed by atoms with Gasteiger partial charge in [-0.1, -0.05) is 66.2 Å². The highest BCUT2D eigenvalue weighted by atomic mass is 35.5. The quantitative estimate of drug-likeness (QED) is 0.552. The minimum absolute atomic E-state index is 0.105. The first-order valence-electron chi connectivity index (χ1n) is 9.82. The van der Waals surface area contributed by atoms with Crippen LogP contribution >= 0.6 is 23.4 Å². The molecule has 1 amide bonds. The first-order valence-corrected chi connectivity index (χ1v) is 11.1. The largest absolute Gasteiger partial charge is 0.325 e. The molecule has 0 saturated heterocycles. The van der Waals surface area contributed by atoms with E-state index >= 15 is 0 Å². The van der Waals surface area contributed by atoms with Gasteiger partial charge in [-0.25, -0.2) is 0 Å². The Hall–Kier alpha value is -2.31. The SMILES string of the molecule is Cc1ccc(NC(=O)[C@@H](Sc2nnc3n2CCCCC3)c2ccccc2)cc1Cl. The first-order chi connectivity index (χ1) is 14.1. The highest BCUT2D eigenvalue weighted by Crippen LogP contribution is 2.36. The van der Waals surface area contributed by atoms with E-state index in [1.54, 1.807) is 6.07 Å². The van der Waals surface area contributed by atoms with Crippen LogP contribution in [-0.2, 0) is 17.8 Å². The Balaban J connectivity index is 1.61. The third-order valence-corrected chi connectivity index (χ3v) is 6.72. The van der Waals surface area contributed by atoms with Crippen LogP contribution in [0, 0.1) is 6.92 Å². The number of aryl methyl sites for hydroxylation is 2. The Labute approximate surface area is 179 Å². The third-order valence-electron chi connectivity index (χ3n) is 5.08. The van der Waals surface area contributed by atoms with Gasteiger partial charge in [0.1, 0.15) is 11.1 Å². The molecule has 2 aromatic carbocycles. The van der Waals surface area contributed by atoms with Gasteiger partial charge in [0, 0.05) is 23.7 Å². The number of fused-ring (bicyclic) bond motifs is 1. The zero-order valence-corrected chi connectivity index (χ0v) is 17.8. The predicted octanol–water partition coefficient (Wildman–Crippen LogP) is 5.44. The number of hydrogen-bond acceptors (Lipinski definition) is 4. The van der Waals surface area contributed by atoms with E-state index in [2.05, 4.69) is 20.1 Å². The van der Waals surface area contributed by atoms with E-state index in [1.165, 1.54) is 18.2 Å². The molecule has 0 unspecified atom stereocenters. The molecule has 0 bridgehead atoms. The van der Waals surface area contributed by atoms with Crippen LogP contribution in [-0.4, -0.2) is 20.7 Å². The highest BCUT2D eigenvalue weighted by molar-refractivity contribution is 8.00. The molecule has 3 aromatic rings. The average molecular weight is 427 g/mol. The maximum absolute atomic E-state index is 13.2. The summed E-state index contributed by atoms with van der Waals surface area (Å²) in [5.74, 6) is 0.912. The Bertz CT molecular complexity index is 1010. The van der Waals surface area contributed by atoms with Crippen molar-refractivity contribution >= 4 is 35.0 Å². The Morgan fingerprint density at radius 1 is 1.14 bits per heavy atom. The number of benzene rings is 2. The van der Waals surface area contributed by atoms with E-state index < -0.39 is 5.25 Å². The van der Waals surface area contributed by atoms with Crippen LogP contribution in [0.1, 0.15) is 41.5 Å². The van der Waals surface area contributed by atoms with Gasteiger partial charge in [-0.05, 0) is 43.0 Å². The monoisotopic (exact) mass is 426 g/mol. The van der Waals surface area contributed by atoms with Crippen molar-refractivity contribution in [2.24, 2.45) is 0 Å². The lowest BCUT2D eigenvalue weighted by Crippen LogP contribution is -2.19. The molecule has 0 spiro atoms. The van der Waals surface area contributed by atoms with Gasteiger partial charge in [0.25, 0.3) is 0 Å². The molecule has 0 aliphatic carbocycles. The second-order valence-electron chi connectivity index (χ2n) is 7.22. The maximum Gasteiger partial charge on any atom is 0.242 e. The number of anilines is 1. The van der Waals surface area contributed by atoms with E-state index in [4.69, 9.17) is 11.6 Å². The van der Waals surface area contributed by atoms with Gasteiger partial charge in [-0.15, -0.1) is 10.2 Å². The van der Waals surface area contributed by atoms with E-state index in [0.717, 1.165) is 47.9 Å². The first kappa shape index (κ1) is 20.0. The van der Waals surface area contributed by atoms with Crippen LogP contribution in [0.4, 0.5) is 5.69 Å². The van der Waals surface area contributed by atoms with Crippen molar-refractivity contribution in [1.29, 1.82) is 0 Å². The number of halogens is 1. The van der Waals surface area contributed by atoms with Crippen molar-refractivity contribution in [3.8, 4) is 0 Å². The summed E-state index contributed by atoms with van der Waals surface area (Å²) < 4.78 is 2.17. The van der Waals surface area contributed by atoms with Crippen molar-refractivity contribution in [2.75, 3.05) is 5.32 Å². The molecule has 1 N–H and O–H groups in total. The minimum Gasteiger partial charge on any atom is -0.325 e. The van der Waals surface area contributed by atoms with Crippen molar-refractivity contribution < 1.29 is 4.79 Å². The Morgan fingerprint density at radius 3 is 2.76 bits per heavy atom. The maximum atomic E-state index is 13.2. The molecule has 0 radical (unpaired) electrons. The lowest BCUT2D eigenvalue weighted by molar-refractivity contribution is -0.115. The summed E-state index contributed by atoms with van der Waals surface area (Å²) in [4.78, 5) is 13.2. The summed E-state index contributed by atoms with van der Waals surface area (Å²) >= 11 is 7.68. The molecular weight excluding hydrogens is 404 g/mol. The number of thioether (sulfide) groups is 1. The van der Waals surface area contributed by atoms with Gasteiger partial charge < -0.3 is 9.88 Å². The zero-order chi connectivity index (χ0) is 20.2. The molecule has 0 saturated carbocycles. The van der Waals surface area contributed by atoms with E-state index in [0.29, 0.717) is 10.7 Å². The summed E-state index contributed by atoms with van der Waals surface area (Å²) in [5, 5.41) is 12.8. The van der Waals surface area contributed by atoms with Crippen molar-refractivity contribution in [2.45, 2.75) is 49.6 Å². The molecule has 2 heterocycles. The standard InChI is InChI=1S/C22H23ClN4OS/c1-15-11-12-17(14-18(15)23)24-21(28)20(16-8-4-2-5-9-16)29-22-26-25-19-10-6-3-7-13-27(19)22/h2,4-5,8-9,11-12,14,20H,3,6-7,10,13H2,1H3,(H,24,28)/t20-/m0/s1. The second kappa shape index (κ2) is 9.01. The van der Waals surface area contributed by atoms with Crippen LogP contribution in [0.25, 0.3) is 0 Å². The molecule has 1 aliphatic rings. The molecule has 1 atom stereocenters. The van der Waals surface area contributed by atoms with Gasteiger partial charge in [-0.3, -0.25) is 4.79 Å². The molecule has 29 heavy (non-hydrogen) atoms. The molecule has 7 heteroatoms. The number of carbonyl (C=O) groups is 1. The van der Waals surface area contributed by atoms with Crippen LogP contribution in [0.3, 0.4) is 0 Å². The minimum atomic E-state index is -0.437. The molecule has 4 rings (SSSR count). The van der Waals surface area contributed by atoms with E-state index in [9.17, 15) is 4.79 Å². The summed E-state index contributed by atoms with van der Waals surface area (Å²) in [6, 6.07) is 15.3. The van der Waals surface area contributed by atoms with Crippen molar-refractivity contribution in [1.82, 2.24) is 14.8 Å². The number of rotatable bonds is 5. The van der Waals surface area contributed by atoms with Crippen LogP contribution in [0.5, 0.6) is 0 Å². The van der Waals surface area contributed by atoms with Crippen LogP contribution < -0.4 is 5.32 Å². The fraction of sp³-hybridized carbons (Fsp3) is 0.318. The number of aromatic nitrogens is 3. The summed E-state index contributed by atoms with van der Waals surface area (Å²) in [6.45, 7) is 2.84. The van der Waals surface area contributed by atoms with E-state index in [1.807, 2.05) is 49.4 Å². The number of nitrogens with zero attached hydrogens (tertiary/aromatic N) is 3. The van der Waals surface area contributed by atoms with Crippen molar-refractivity contribution in [3.05, 3.63) is 70.5 Å². The Morgan fingerprint density at radius 2 is 1.97 bits per heavy atom. The van der Waals surface area contributed by atoms with Gasteiger partial charge in [0.05, 0.1) is 0 Å². The summed E-state index contributed by atoms with van der Waals surface area (Å²) in [6.07, 6.45) is 4.39. The normalized spacial score (nSPS) is 14.7. The fourth-order valence-corrected chi connectivity index (χ4v) is 4.69. The molecule has 1 aliphatic heterocycles. The summed E-state index contributed by atoms with van der Waals surface area (Å²) in [5.41, 5.74) is 2.59. The molecule has 1 aromatic heterocycles. The second-order valence-corrected chi connectivity index (χ2v) is 8.70. The predicted molar refractivity (Wildman–Crippen MR) is 117 cm³/mol. The third kappa shape index (κ3) is 4.65. The topological polar surface area (TPSA) is 59.8 Å². The van der Waals surface area contributed by atoms with E-state index in [-0.39, 0.29) is 5.91 Å². The van der Waals surface area contributed by atoms with Gasteiger partial charge in [0.15, 0.2) is 5.16 Å². The molecule has 150 valence electrons. The highest BCUT2D eigenvalue weighted by Gasteiger charge is 2.26. The van der Waals surface area contributed by atoms with Gasteiger partial charge in [-0.2, -0.15) is 0 Å². The summed E-state index contributed by atoms with van der Waals surface area (Å²) in [7, 11) is 0. The number of carbonyl (C=O) groups excluding carboxylic acids is 1. The van der Waals surface area contributed by atoms with Gasteiger partial charge in [0.2, 0.25) is 5.91 Å². The molecule has 5 nitrogen and oxygen atoms in total. The Kier molecular flexibility index (Phi) is 6.21.